The first kappa shape index (κ1) is 10.5. The van der Waals surface area contributed by atoms with Gasteiger partial charge in [0.1, 0.15) is 5.54 Å². The summed E-state index contributed by atoms with van der Waals surface area (Å²) in [5.41, 5.74) is 4.86. The van der Waals surface area contributed by atoms with E-state index in [1.807, 2.05) is 18.9 Å². The predicted octanol–water partition coefficient (Wildman–Crippen LogP) is 0.130. The summed E-state index contributed by atoms with van der Waals surface area (Å²) in [6.45, 7) is 3.28. The van der Waals surface area contributed by atoms with Crippen molar-refractivity contribution in [1.29, 1.82) is 0 Å². The second-order valence-corrected chi connectivity index (χ2v) is 3.95. The van der Waals surface area contributed by atoms with Gasteiger partial charge >= 0.3 is 5.97 Å². The quantitative estimate of drug-likeness (QED) is 0.640. The zero-order valence-corrected chi connectivity index (χ0v) is 8.29. The maximum atomic E-state index is 11.0. The highest BCUT2D eigenvalue weighted by atomic mass is 16.4. The molecule has 0 bridgehead atoms. The lowest BCUT2D eigenvalue weighted by atomic mass is 9.94. The molecule has 1 saturated carbocycles. The van der Waals surface area contributed by atoms with Gasteiger partial charge in [0, 0.05) is 6.54 Å². The molecule has 0 aromatic rings. The minimum Gasteiger partial charge on any atom is -0.480 e. The van der Waals surface area contributed by atoms with Crippen molar-refractivity contribution in [1.82, 2.24) is 4.90 Å². The zero-order valence-electron chi connectivity index (χ0n) is 8.29. The van der Waals surface area contributed by atoms with E-state index in [1.54, 1.807) is 0 Å². The molecule has 0 amide bonds. The summed E-state index contributed by atoms with van der Waals surface area (Å²) in [4.78, 5) is 13.0. The van der Waals surface area contributed by atoms with E-state index in [4.69, 9.17) is 10.8 Å². The van der Waals surface area contributed by atoms with Crippen LogP contribution in [0.5, 0.6) is 0 Å². The van der Waals surface area contributed by atoms with Crippen molar-refractivity contribution in [3.05, 3.63) is 0 Å². The molecule has 0 aliphatic heterocycles. The van der Waals surface area contributed by atoms with Gasteiger partial charge in [-0.05, 0) is 32.4 Å². The molecule has 0 spiro atoms. The Labute approximate surface area is 78.7 Å². The third-order valence-electron chi connectivity index (χ3n) is 2.78. The van der Waals surface area contributed by atoms with Crippen LogP contribution < -0.4 is 5.73 Å². The Morgan fingerprint density at radius 1 is 1.69 bits per heavy atom. The highest BCUT2D eigenvalue weighted by Crippen LogP contribution is 2.38. The normalized spacial score (nSPS) is 21.5. The zero-order chi connectivity index (χ0) is 10.1. The first-order chi connectivity index (χ1) is 6.00. The van der Waals surface area contributed by atoms with Crippen molar-refractivity contribution in [2.45, 2.75) is 25.3 Å². The number of hydrogen-bond donors (Lipinski definition) is 2. The topological polar surface area (TPSA) is 66.6 Å². The molecule has 0 aromatic carbocycles. The summed E-state index contributed by atoms with van der Waals surface area (Å²) in [6.07, 6.45) is 1.92. The van der Waals surface area contributed by atoms with Gasteiger partial charge in [-0.3, -0.25) is 4.79 Å². The molecule has 4 heteroatoms. The van der Waals surface area contributed by atoms with E-state index in [0.717, 1.165) is 19.4 Å². The van der Waals surface area contributed by atoms with E-state index in [0.29, 0.717) is 6.54 Å². The molecule has 1 atom stereocenters. The van der Waals surface area contributed by atoms with Crippen molar-refractivity contribution in [3.63, 3.8) is 0 Å². The van der Waals surface area contributed by atoms with Crippen LogP contribution in [0, 0.1) is 5.92 Å². The molecule has 3 N–H and O–H groups in total. The van der Waals surface area contributed by atoms with Crippen LogP contribution in [0.3, 0.4) is 0 Å². The molecular formula is C9H18N2O2. The molecule has 13 heavy (non-hydrogen) atoms. The number of nitrogens with two attached hydrogens (primary N) is 1. The second-order valence-electron chi connectivity index (χ2n) is 3.95. The van der Waals surface area contributed by atoms with E-state index in [1.165, 1.54) is 0 Å². The van der Waals surface area contributed by atoms with E-state index >= 15 is 0 Å². The lowest BCUT2D eigenvalue weighted by Gasteiger charge is -2.29. The van der Waals surface area contributed by atoms with Crippen LogP contribution in [0.4, 0.5) is 0 Å². The Balaban J connectivity index is 2.61. The molecule has 1 rings (SSSR count). The molecule has 0 radical (unpaired) electrons. The fourth-order valence-corrected chi connectivity index (χ4v) is 1.53. The number of carboxylic acid groups (broad SMARTS) is 1. The smallest absolute Gasteiger partial charge is 0.325 e. The first-order valence-electron chi connectivity index (χ1n) is 4.71. The molecule has 1 fully saturated rings. The van der Waals surface area contributed by atoms with Crippen molar-refractivity contribution >= 4 is 5.97 Å². The van der Waals surface area contributed by atoms with Crippen molar-refractivity contribution in [3.8, 4) is 0 Å². The molecule has 1 aliphatic rings. The number of nitrogens with zero attached hydrogens (tertiary/aromatic N) is 1. The van der Waals surface area contributed by atoms with Crippen LogP contribution in [-0.2, 0) is 4.79 Å². The van der Waals surface area contributed by atoms with Crippen molar-refractivity contribution in [2.24, 2.45) is 11.7 Å². The van der Waals surface area contributed by atoms with Gasteiger partial charge in [-0.2, -0.15) is 0 Å². The lowest BCUT2D eigenvalue weighted by molar-refractivity contribution is -0.145. The van der Waals surface area contributed by atoms with E-state index in [9.17, 15) is 4.79 Å². The lowest BCUT2D eigenvalue weighted by Crippen LogP contribution is -2.57. The van der Waals surface area contributed by atoms with Gasteiger partial charge in [-0.25, -0.2) is 0 Å². The maximum Gasteiger partial charge on any atom is 0.325 e. The molecule has 76 valence electrons. The summed E-state index contributed by atoms with van der Waals surface area (Å²) in [7, 11) is 1.90. The Morgan fingerprint density at radius 2 is 2.23 bits per heavy atom. The number of carboxylic acids is 1. The van der Waals surface area contributed by atoms with Gasteiger partial charge in [-0.1, -0.05) is 6.92 Å². The van der Waals surface area contributed by atoms with Crippen LogP contribution in [0.1, 0.15) is 19.8 Å². The number of carbonyl (C=O) groups is 1. The third-order valence-corrected chi connectivity index (χ3v) is 2.78. The third kappa shape index (κ3) is 2.19. The molecule has 4 nitrogen and oxygen atoms in total. The van der Waals surface area contributed by atoms with Gasteiger partial charge < -0.3 is 15.7 Å². The monoisotopic (exact) mass is 186 g/mol. The van der Waals surface area contributed by atoms with Crippen LogP contribution in [0.25, 0.3) is 0 Å². The molecule has 0 saturated heterocycles. The Bertz CT molecular complexity index is 204. The van der Waals surface area contributed by atoms with Gasteiger partial charge in [0.25, 0.3) is 0 Å². The minimum absolute atomic E-state index is 0.180. The molecule has 0 heterocycles. The molecule has 1 aliphatic carbocycles. The van der Waals surface area contributed by atoms with Gasteiger partial charge in [0.2, 0.25) is 0 Å². The fraction of sp³-hybridized carbons (Fsp3) is 0.889. The van der Waals surface area contributed by atoms with Crippen LogP contribution in [-0.4, -0.2) is 41.7 Å². The van der Waals surface area contributed by atoms with Crippen molar-refractivity contribution in [2.75, 3.05) is 20.1 Å². The summed E-state index contributed by atoms with van der Waals surface area (Å²) >= 11 is 0. The average molecular weight is 186 g/mol. The average Bonchev–Trinajstić information content (AvgIpc) is 2.85. The number of rotatable bonds is 5. The number of aliphatic carboxylic acids is 1. The number of likely N-dealkylation sites (N-methyl/N-ethyl adjacent to an activating group) is 1. The van der Waals surface area contributed by atoms with E-state index in [-0.39, 0.29) is 5.92 Å². The van der Waals surface area contributed by atoms with Gasteiger partial charge in [0.05, 0.1) is 0 Å². The van der Waals surface area contributed by atoms with Crippen LogP contribution in [0.2, 0.25) is 0 Å². The molecular weight excluding hydrogens is 168 g/mol. The van der Waals surface area contributed by atoms with Crippen molar-refractivity contribution < 1.29 is 9.90 Å². The predicted molar refractivity (Wildman–Crippen MR) is 50.4 cm³/mol. The van der Waals surface area contributed by atoms with Crippen LogP contribution >= 0.6 is 0 Å². The summed E-state index contributed by atoms with van der Waals surface area (Å²) in [5, 5.41) is 9.04. The Hall–Kier alpha value is -0.610. The standard InChI is InChI=1S/C9H18N2O2/c1-3-11(2)6-9(10,8(12)13)7-4-5-7/h7H,3-6,10H2,1-2H3,(H,12,13). The summed E-state index contributed by atoms with van der Waals surface area (Å²) < 4.78 is 0. The van der Waals surface area contributed by atoms with Crippen LogP contribution in [0.15, 0.2) is 0 Å². The number of hydrogen-bond acceptors (Lipinski definition) is 3. The second kappa shape index (κ2) is 3.64. The molecule has 1 unspecified atom stereocenters. The van der Waals surface area contributed by atoms with E-state index in [2.05, 4.69) is 0 Å². The summed E-state index contributed by atoms with van der Waals surface area (Å²) in [5.74, 6) is -0.686. The minimum atomic E-state index is -1.02. The Morgan fingerprint density at radius 3 is 2.54 bits per heavy atom. The summed E-state index contributed by atoms with van der Waals surface area (Å²) in [6, 6.07) is 0. The van der Waals surface area contributed by atoms with Gasteiger partial charge in [-0.15, -0.1) is 0 Å². The SMILES string of the molecule is CCN(C)CC(N)(C(=O)O)C1CC1. The largest absolute Gasteiger partial charge is 0.480 e. The highest BCUT2D eigenvalue weighted by Gasteiger charge is 2.48. The van der Waals surface area contributed by atoms with E-state index < -0.39 is 11.5 Å². The first-order valence-corrected chi connectivity index (χ1v) is 4.71. The maximum absolute atomic E-state index is 11.0. The fourth-order valence-electron chi connectivity index (χ4n) is 1.53. The Kier molecular flexibility index (Phi) is 2.93. The molecule has 0 aromatic heterocycles. The highest BCUT2D eigenvalue weighted by molar-refractivity contribution is 5.79. The van der Waals surface area contributed by atoms with Gasteiger partial charge in [0.15, 0.2) is 0 Å².